The fourth-order valence-electron chi connectivity index (χ4n) is 1.71. The van der Waals surface area contributed by atoms with Crippen LogP contribution in [0.5, 0.6) is 0 Å². The average Bonchev–Trinajstić information content (AvgIpc) is 2.05. The van der Waals surface area contributed by atoms with Gasteiger partial charge < -0.3 is 5.73 Å². The molecule has 68 valence electrons. The van der Waals surface area contributed by atoms with Crippen LogP contribution >= 0.6 is 0 Å². The van der Waals surface area contributed by atoms with Crippen molar-refractivity contribution in [1.82, 2.24) is 9.78 Å². The highest BCUT2D eigenvalue weighted by atomic mass is 15.3. The molecule has 1 aromatic rings. The van der Waals surface area contributed by atoms with E-state index in [4.69, 9.17) is 5.73 Å². The maximum Gasteiger partial charge on any atom is 0.0646 e. The van der Waals surface area contributed by atoms with Crippen LogP contribution in [-0.2, 0) is 12.6 Å². The Labute approximate surface area is 73.6 Å². The lowest BCUT2D eigenvalue weighted by Gasteiger charge is -2.19. The first-order valence-corrected chi connectivity index (χ1v) is 4.13. The van der Waals surface area contributed by atoms with Crippen molar-refractivity contribution in [2.75, 3.05) is 0 Å². The Hall–Kier alpha value is -0.830. The minimum atomic E-state index is -0.289. The fourth-order valence-corrected chi connectivity index (χ4v) is 1.71. The molecule has 0 amide bonds. The first-order chi connectivity index (χ1) is 5.34. The molecule has 0 unspecified atom stereocenters. The van der Waals surface area contributed by atoms with Gasteiger partial charge in [-0.25, -0.2) is 0 Å². The second-order valence-electron chi connectivity index (χ2n) is 3.89. The molecule has 3 heteroatoms. The normalized spacial score (nSPS) is 12.2. The summed E-state index contributed by atoms with van der Waals surface area (Å²) in [6.07, 6.45) is 0. The Balaban J connectivity index is 3.32. The summed E-state index contributed by atoms with van der Waals surface area (Å²) in [6, 6.07) is 0. The van der Waals surface area contributed by atoms with Crippen molar-refractivity contribution in [2.24, 2.45) is 12.8 Å². The molecule has 2 N–H and O–H groups in total. The zero-order chi connectivity index (χ0) is 9.52. The minimum Gasteiger partial charge on any atom is -0.322 e. The van der Waals surface area contributed by atoms with E-state index in [0.717, 1.165) is 17.0 Å². The number of rotatable bonds is 1. The van der Waals surface area contributed by atoms with Crippen molar-refractivity contribution in [3.8, 4) is 0 Å². The van der Waals surface area contributed by atoms with Gasteiger partial charge in [-0.1, -0.05) is 0 Å². The van der Waals surface area contributed by atoms with Crippen LogP contribution in [0, 0.1) is 13.8 Å². The van der Waals surface area contributed by atoms with Gasteiger partial charge in [-0.05, 0) is 27.7 Å². The number of nitrogens with zero attached hydrogens (tertiary/aromatic N) is 2. The van der Waals surface area contributed by atoms with E-state index < -0.39 is 0 Å². The second-order valence-corrected chi connectivity index (χ2v) is 3.89. The van der Waals surface area contributed by atoms with Crippen LogP contribution in [0.1, 0.15) is 30.8 Å². The molecule has 0 aliphatic carbocycles. The van der Waals surface area contributed by atoms with E-state index in [9.17, 15) is 0 Å². The van der Waals surface area contributed by atoms with Crippen LogP contribution < -0.4 is 5.73 Å². The first-order valence-electron chi connectivity index (χ1n) is 4.13. The lowest BCUT2D eigenvalue weighted by molar-refractivity contribution is 0.546. The molecule has 0 bridgehead atoms. The van der Waals surface area contributed by atoms with Gasteiger partial charge in [-0.3, -0.25) is 4.68 Å². The Kier molecular flexibility index (Phi) is 2.00. The van der Waals surface area contributed by atoms with Gasteiger partial charge in [0.05, 0.1) is 5.69 Å². The van der Waals surface area contributed by atoms with Gasteiger partial charge in [-0.15, -0.1) is 0 Å². The third-order valence-electron chi connectivity index (χ3n) is 2.15. The number of nitrogens with two attached hydrogens (primary N) is 1. The first kappa shape index (κ1) is 9.26. The summed E-state index contributed by atoms with van der Waals surface area (Å²) in [5, 5.41) is 4.31. The topological polar surface area (TPSA) is 43.8 Å². The van der Waals surface area contributed by atoms with Gasteiger partial charge in [-0.2, -0.15) is 5.10 Å². The predicted octanol–water partition coefficient (Wildman–Crippen LogP) is 1.23. The molecule has 0 radical (unpaired) electrons. The molecule has 1 aromatic heterocycles. The number of aromatic nitrogens is 2. The highest BCUT2D eigenvalue weighted by molar-refractivity contribution is 5.30. The molecular formula is C9H17N3. The molecular weight excluding hydrogens is 150 g/mol. The second kappa shape index (κ2) is 2.59. The van der Waals surface area contributed by atoms with E-state index in [0.29, 0.717) is 0 Å². The lowest BCUT2D eigenvalue weighted by atomic mass is 9.94. The third kappa shape index (κ3) is 1.37. The van der Waals surface area contributed by atoms with Crippen molar-refractivity contribution in [3.63, 3.8) is 0 Å². The average molecular weight is 167 g/mol. The molecule has 0 aliphatic rings. The van der Waals surface area contributed by atoms with Gasteiger partial charge in [0.2, 0.25) is 0 Å². The number of hydrogen-bond acceptors (Lipinski definition) is 2. The van der Waals surface area contributed by atoms with E-state index in [1.807, 2.05) is 39.4 Å². The molecule has 12 heavy (non-hydrogen) atoms. The van der Waals surface area contributed by atoms with E-state index in [1.165, 1.54) is 0 Å². The zero-order valence-corrected chi connectivity index (χ0v) is 8.47. The maximum absolute atomic E-state index is 6.02. The van der Waals surface area contributed by atoms with E-state index in [1.54, 1.807) is 0 Å². The van der Waals surface area contributed by atoms with Gasteiger partial charge in [0.1, 0.15) is 0 Å². The molecule has 1 rings (SSSR count). The van der Waals surface area contributed by atoms with E-state index >= 15 is 0 Å². The van der Waals surface area contributed by atoms with Crippen molar-refractivity contribution < 1.29 is 0 Å². The SMILES string of the molecule is Cc1nn(C)c(C)c1C(C)(C)N. The molecule has 0 atom stereocenters. The molecule has 0 saturated heterocycles. The number of aryl methyl sites for hydroxylation is 2. The predicted molar refractivity (Wildman–Crippen MR) is 49.9 cm³/mol. The molecule has 0 saturated carbocycles. The summed E-state index contributed by atoms with van der Waals surface area (Å²) < 4.78 is 1.87. The monoisotopic (exact) mass is 167 g/mol. The Morgan fingerprint density at radius 1 is 1.33 bits per heavy atom. The van der Waals surface area contributed by atoms with Gasteiger partial charge in [0.15, 0.2) is 0 Å². The fraction of sp³-hybridized carbons (Fsp3) is 0.667. The van der Waals surface area contributed by atoms with Crippen LogP contribution in [0.2, 0.25) is 0 Å². The summed E-state index contributed by atoms with van der Waals surface area (Å²) in [5.74, 6) is 0. The zero-order valence-electron chi connectivity index (χ0n) is 8.47. The molecule has 0 aliphatic heterocycles. The Morgan fingerprint density at radius 3 is 2.00 bits per heavy atom. The standard InChI is InChI=1S/C9H17N3/c1-6-8(9(3,4)10)7(2)12(5)11-6/h10H2,1-5H3. The van der Waals surface area contributed by atoms with E-state index in [2.05, 4.69) is 5.10 Å². The largest absolute Gasteiger partial charge is 0.322 e. The van der Waals surface area contributed by atoms with Crippen molar-refractivity contribution in [1.29, 1.82) is 0 Å². The highest BCUT2D eigenvalue weighted by Gasteiger charge is 2.22. The maximum atomic E-state index is 6.02. The van der Waals surface area contributed by atoms with E-state index in [-0.39, 0.29) is 5.54 Å². The lowest BCUT2D eigenvalue weighted by Crippen LogP contribution is -2.30. The summed E-state index contributed by atoms with van der Waals surface area (Å²) in [4.78, 5) is 0. The Bertz CT molecular complexity index is 291. The molecule has 0 spiro atoms. The molecule has 3 nitrogen and oxygen atoms in total. The summed E-state index contributed by atoms with van der Waals surface area (Å²) >= 11 is 0. The Morgan fingerprint density at radius 2 is 1.83 bits per heavy atom. The van der Waals surface area contributed by atoms with Gasteiger partial charge in [0.25, 0.3) is 0 Å². The summed E-state index contributed by atoms with van der Waals surface area (Å²) in [6.45, 7) is 8.05. The highest BCUT2D eigenvalue weighted by Crippen LogP contribution is 2.23. The quantitative estimate of drug-likeness (QED) is 0.683. The van der Waals surface area contributed by atoms with Crippen molar-refractivity contribution >= 4 is 0 Å². The van der Waals surface area contributed by atoms with Crippen LogP contribution in [0.4, 0.5) is 0 Å². The molecule has 0 fully saturated rings. The van der Waals surface area contributed by atoms with Crippen molar-refractivity contribution in [3.05, 3.63) is 17.0 Å². The van der Waals surface area contributed by atoms with Gasteiger partial charge in [0, 0.05) is 23.8 Å². The molecule has 1 heterocycles. The van der Waals surface area contributed by atoms with Crippen LogP contribution in [-0.4, -0.2) is 9.78 Å². The number of hydrogen-bond donors (Lipinski definition) is 1. The summed E-state index contributed by atoms with van der Waals surface area (Å²) in [5.41, 5.74) is 9.07. The molecule has 0 aromatic carbocycles. The van der Waals surface area contributed by atoms with Crippen LogP contribution in [0.25, 0.3) is 0 Å². The van der Waals surface area contributed by atoms with Crippen molar-refractivity contribution in [2.45, 2.75) is 33.2 Å². The smallest absolute Gasteiger partial charge is 0.0646 e. The van der Waals surface area contributed by atoms with Crippen LogP contribution in [0.3, 0.4) is 0 Å². The third-order valence-corrected chi connectivity index (χ3v) is 2.15. The summed E-state index contributed by atoms with van der Waals surface area (Å²) in [7, 11) is 1.94. The van der Waals surface area contributed by atoms with Gasteiger partial charge >= 0.3 is 0 Å². The van der Waals surface area contributed by atoms with Crippen LogP contribution in [0.15, 0.2) is 0 Å². The minimum absolute atomic E-state index is 0.289.